The highest BCUT2D eigenvalue weighted by Gasteiger charge is 2.22. The molecule has 4 nitrogen and oxygen atoms in total. The fourth-order valence-corrected chi connectivity index (χ4v) is 1.95. The minimum absolute atomic E-state index is 0.0448. The average molecular weight is 242 g/mol. The van der Waals surface area contributed by atoms with Crippen LogP contribution in [0, 0.1) is 6.92 Å². The van der Waals surface area contributed by atoms with Gasteiger partial charge in [-0.15, -0.1) is 0 Å². The maximum absolute atomic E-state index is 11.6. The van der Waals surface area contributed by atoms with Crippen molar-refractivity contribution >= 4 is 17.4 Å². The summed E-state index contributed by atoms with van der Waals surface area (Å²) < 4.78 is 10.9. The molecule has 0 amide bonds. The van der Waals surface area contributed by atoms with Gasteiger partial charge in [0.15, 0.2) is 17.3 Å². The Morgan fingerprint density at radius 3 is 2.69 bits per heavy atom. The Bertz CT molecular complexity index is 445. The van der Waals surface area contributed by atoms with Gasteiger partial charge in [0.05, 0.1) is 11.6 Å². The summed E-state index contributed by atoms with van der Waals surface area (Å²) in [5.74, 6) is 0.908. The summed E-state index contributed by atoms with van der Waals surface area (Å²) in [4.78, 5) is 11.6. The zero-order valence-electron chi connectivity index (χ0n) is 8.88. The van der Waals surface area contributed by atoms with E-state index in [0.717, 1.165) is 5.56 Å². The molecule has 0 saturated carbocycles. The summed E-state index contributed by atoms with van der Waals surface area (Å²) in [6, 6.07) is 1.58. The van der Waals surface area contributed by atoms with Gasteiger partial charge in [0.2, 0.25) is 0 Å². The lowest BCUT2D eigenvalue weighted by atomic mass is 10.0. The molecule has 0 atom stereocenters. The molecule has 1 aromatic carbocycles. The lowest BCUT2D eigenvalue weighted by Gasteiger charge is -2.22. The van der Waals surface area contributed by atoms with Crippen molar-refractivity contribution in [1.29, 1.82) is 0 Å². The van der Waals surface area contributed by atoms with E-state index < -0.39 is 0 Å². The number of nitrogens with two attached hydrogens (primary N) is 1. The molecule has 5 heteroatoms. The second-order valence-corrected chi connectivity index (χ2v) is 3.92. The molecule has 0 aromatic heterocycles. The number of hydrogen-bond donors (Lipinski definition) is 1. The van der Waals surface area contributed by atoms with Gasteiger partial charge in [-0.25, -0.2) is 0 Å². The first-order chi connectivity index (χ1) is 7.65. The van der Waals surface area contributed by atoms with Crippen LogP contribution < -0.4 is 15.2 Å². The third-order valence-corrected chi connectivity index (χ3v) is 2.78. The van der Waals surface area contributed by atoms with Crippen molar-refractivity contribution in [3.8, 4) is 11.5 Å². The Hall–Kier alpha value is -1.26. The molecule has 1 aromatic rings. The predicted octanol–water partition coefficient (Wildman–Crippen LogP) is 1.56. The number of carbonyl (C=O) groups is 1. The molecule has 1 aliphatic heterocycles. The highest BCUT2D eigenvalue weighted by molar-refractivity contribution is 6.32. The second kappa shape index (κ2) is 4.31. The first-order valence-corrected chi connectivity index (χ1v) is 5.35. The Morgan fingerprint density at radius 1 is 1.44 bits per heavy atom. The topological polar surface area (TPSA) is 61.6 Å². The van der Waals surface area contributed by atoms with Gasteiger partial charge in [-0.3, -0.25) is 4.79 Å². The number of Topliss-reactive ketones (excluding diaryl/α,β-unsaturated/α-hetero) is 1. The number of ether oxygens (including phenoxy) is 2. The second-order valence-electron chi connectivity index (χ2n) is 3.51. The Labute approximate surface area is 98.3 Å². The standard InChI is InChI=1S/C11H12ClNO3/c1-6-7(9(14)5-13)4-8(12)11-10(6)15-2-3-16-11/h4H,2-3,5,13H2,1H3. The van der Waals surface area contributed by atoms with E-state index in [4.69, 9.17) is 26.8 Å². The minimum atomic E-state index is -0.156. The van der Waals surface area contributed by atoms with Gasteiger partial charge in [0.1, 0.15) is 13.2 Å². The van der Waals surface area contributed by atoms with E-state index in [0.29, 0.717) is 35.3 Å². The number of rotatable bonds is 2. The molecular weight excluding hydrogens is 230 g/mol. The van der Waals surface area contributed by atoms with Crippen molar-refractivity contribution in [2.45, 2.75) is 6.92 Å². The lowest BCUT2D eigenvalue weighted by Crippen LogP contribution is -2.20. The van der Waals surface area contributed by atoms with Crippen LogP contribution in [0.5, 0.6) is 11.5 Å². The summed E-state index contributed by atoms with van der Waals surface area (Å²) >= 11 is 6.02. The number of fused-ring (bicyclic) bond motifs is 1. The normalized spacial score (nSPS) is 13.7. The molecule has 0 spiro atoms. The van der Waals surface area contributed by atoms with E-state index in [1.807, 2.05) is 0 Å². The third-order valence-electron chi connectivity index (χ3n) is 2.50. The van der Waals surface area contributed by atoms with Gasteiger partial charge < -0.3 is 15.2 Å². The lowest BCUT2D eigenvalue weighted by molar-refractivity contribution is 0.0999. The van der Waals surface area contributed by atoms with Crippen molar-refractivity contribution in [3.63, 3.8) is 0 Å². The molecular formula is C11H12ClNO3. The van der Waals surface area contributed by atoms with Crippen LogP contribution in [0.25, 0.3) is 0 Å². The van der Waals surface area contributed by atoms with Crippen LogP contribution in [-0.4, -0.2) is 25.5 Å². The molecule has 0 unspecified atom stereocenters. The third kappa shape index (κ3) is 1.74. The van der Waals surface area contributed by atoms with Crippen molar-refractivity contribution in [2.24, 2.45) is 5.73 Å². The van der Waals surface area contributed by atoms with E-state index in [2.05, 4.69) is 0 Å². The zero-order valence-corrected chi connectivity index (χ0v) is 9.63. The van der Waals surface area contributed by atoms with Crippen LogP contribution in [0.1, 0.15) is 15.9 Å². The van der Waals surface area contributed by atoms with Gasteiger partial charge in [0, 0.05) is 11.1 Å². The van der Waals surface area contributed by atoms with Crippen LogP contribution >= 0.6 is 11.6 Å². The van der Waals surface area contributed by atoms with Crippen molar-refractivity contribution in [2.75, 3.05) is 19.8 Å². The number of benzene rings is 1. The number of hydrogen-bond acceptors (Lipinski definition) is 4. The van der Waals surface area contributed by atoms with Crippen LogP contribution in [0.2, 0.25) is 5.02 Å². The molecule has 16 heavy (non-hydrogen) atoms. The average Bonchev–Trinajstić information content (AvgIpc) is 2.33. The number of halogens is 1. The first-order valence-electron chi connectivity index (χ1n) is 4.97. The van der Waals surface area contributed by atoms with Crippen LogP contribution in [0.15, 0.2) is 6.07 Å². The highest BCUT2D eigenvalue weighted by atomic mass is 35.5. The van der Waals surface area contributed by atoms with E-state index >= 15 is 0 Å². The summed E-state index contributed by atoms with van der Waals surface area (Å²) in [5.41, 5.74) is 6.56. The molecule has 0 bridgehead atoms. The smallest absolute Gasteiger partial charge is 0.180 e. The molecule has 1 heterocycles. The monoisotopic (exact) mass is 241 g/mol. The van der Waals surface area contributed by atoms with Crippen LogP contribution in [-0.2, 0) is 0 Å². The number of ketones is 1. The van der Waals surface area contributed by atoms with Crippen molar-refractivity contribution < 1.29 is 14.3 Å². The minimum Gasteiger partial charge on any atom is -0.486 e. The van der Waals surface area contributed by atoms with Gasteiger partial charge in [-0.05, 0) is 13.0 Å². The van der Waals surface area contributed by atoms with Gasteiger partial charge in [0.25, 0.3) is 0 Å². The van der Waals surface area contributed by atoms with Crippen LogP contribution in [0.3, 0.4) is 0 Å². The molecule has 0 aliphatic carbocycles. The molecule has 0 saturated heterocycles. The SMILES string of the molecule is Cc1c(C(=O)CN)cc(Cl)c2c1OCCO2. The Morgan fingerprint density at radius 2 is 2.06 bits per heavy atom. The summed E-state index contributed by atoms with van der Waals surface area (Å²) in [5, 5.41) is 0.386. The molecule has 2 rings (SSSR count). The summed E-state index contributed by atoms with van der Waals surface area (Å²) in [7, 11) is 0. The van der Waals surface area contributed by atoms with Crippen molar-refractivity contribution in [1.82, 2.24) is 0 Å². The molecule has 2 N–H and O–H groups in total. The zero-order chi connectivity index (χ0) is 11.7. The Kier molecular flexibility index (Phi) is 3.03. The fraction of sp³-hybridized carbons (Fsp3) is 0.364. The van der Waals surface area contributed by atoms with Gasteiger partial charge in [-0.2, -0.15) is 0 Å². The molecule has 0 fully saturated rings. The van der Waals surface area contributed by atoms with E-state index in [1.165, 1.54) is 0 Å². The van der Waals surface area contributed by atoms with Gasteiger partial charge in [-0.1, -0.05) is 11.6 Å². The largest absolute Gasteiger partial charge is 0.486 e. The highest BCUT2D eigenvalue weighted by Crippen LogP contribution is 2.41. The fourth-order valence-electron chi connectivity index (χ4n) is 1.70. The Balaban J connectivity index is 2.58. The van der Waals surface area contributed by atoms with Crippen molar-refractivity contribution in [3.05, 3.63) is 22.2 Å². The first kappa shape index (κ1) is 11.2. The molecule has 86 valence electrons. The van der Waals surface area contributed by atoms with Gasteiger partial charge >= 0.3 is 0 Å². The number of carbonyl (C=O) groups excluding carboxylic acids is 1. The molecule has 0 radical (unpaired) electrons. The quantitative estimate of drug-likeness (QED) is 0.799. The van der Waals surface area contributed by atoms with Crippen LogP contribution in [0.4, 0.5) is 0 Å². The maximum atomic E-state index is 11.6. The summed E-state index contributed by atoms with van der Waals surface area (Å²) in [6.07, 6.45) is 0. The van der Waals surface area contributed by atoms with E-state index in [9.17, 15) is 4.79 Å². The van der Waals surface area contributed by atoms with E-state index in [1.54, 1.807) is 13.0 Å². The summed E-state index contributed by atoms with van der Waals surface area (Å²) in [6.45, 7) is 2.68. The van der Waals surface area contributed by atoms with E-state index in [-0.39, 0.29) is 12.3 Å². The predicted molar refractivity (Wildman–Crippen MR) is 60.6 cm³/mol. The maximum Gasteiger partial charge on any atom is 0.180 e. The molecule has 1 aliphatic rings.